The van der Waals surface area contributed by atoms with E-state index < -0.39 is 0 Å². The monoisotopic (exact) mass is 762 g/mol. The smallest absolute Gasteiger partial charge is 0.163 e. The van der Waals surface area contributed by atoms with Gasteiger partial charge in [0, 0.05) is 22.1 Å². The summed E-state index contributed by atoms with van der Waals surface area (Å²) in [7, 11) is 0. The first-order valence-electron chi connectivity index (χ1n) is 20.5. The van der Waals surface area contributed by atoms with E-state index in [0.717, 1.165) is 62.3 Å². The predicted molar refractivity (Wildman–Crippen MR) is 244 cm³/mol. The van der Waals surface area contributed by atoms with E-state index in [1.54, 1.807) is 0 Å². The third-order valence-corrected chi connectivity index (χ3v) is 12.4. The summed E-state index contributed by atoms with van der Waals surface area (Å²) in [5.74, 6) is 1.40. The SMILES string of the molecule is CC1(C)C2=C(C=CC(N(c3ccc(-c4ccccc4)cc3)c3ccc(C4=NC(c5ccccc5)NC(c5ccccc5)=N4)c4oc5ccccc5c34)C2)c2ccccc21. The number of aliphatic imine (C=N–C) groups is 2. The van der Waals surface area contributed by atoms with Crippen molar-refractivity contribution in [3.05, 3.63) is 221 Å². The molecule has 0 radical (unpaired) electrons. The first-order chi connectivity index (χ1) is 29.0. The summed E-state index contributed by atoms with van der Waals surface area (Å²) in [5, 5.41) is 5.71. The van der Waals surface area contributed by atoms with Crippen molar-refractivity contribution in [3.8, 4) is 11.1 Å². The first-order valence-corrected chi connectivity index (χ1v) is 20.5. The first kappa shape index (κ1) is 35.0. The number of rotatable bonds is 7. The van der Waals surface area contributed by atoms with Crippen LogP contribution in [0.3, 0.4) is 0 Å². The molecule has 1 aliphatic heterocycles. The topological polar surface area (TPSA) is 53.1 Å². The van der Waals surface area contributed by atoms with Gasteiger partial charge in [0.05, 0.1) is 22.7 Å². The average Bonchev–Trinajstić information content (AvgIpc) is 3.80. The number of para-hydroxylation sites is 1. The molecular weight excluding hydrogens is 721 g/mol. The van der Waals surface area contributed by atoms with E-state index in [9.17, 15) is 0 Å². The lowest BCUT2D eigenvalue weighted by Gasteiger charge is -2.37. The molecule has 2 aliphatic carbocycles. The van der Waals surface area contributed by atoms with Crippen LogP contribution in [-0.4, -0.2) is 17.7 Å². The van der Waals surface area contributed by atoms with Gasteiger partial charge in [-0.1, -0.05) is 172 Å². The van der Waals surface area contributed by atoms with Gasteiger partial charge in [0.15, 0.2) is 5.84 Å². The van der Waals surface area contributed by atoms with E-state index in [4.69, 9.17) is 14.4 Å². The molecule has 0 saturated carbocycles. The maximum atomic E-state index is 6.93. The minimum absolute atomic E-state index is 0.0361. The van der Waals surface area contributed by atoms with Gasteiger partial charge in [-0.05, 0) is 75.7 Å². The molecule has 2 unspecified atom stereocenters. The molecule has 0 amide bonds. The number of nitrogens with zero attached hydrogens (tertiary/aromatic N) is 3. The number of amidine groups is 2. The number of benzene rings is 7. The Hall–Kier alpha value is -7.24. The van der Waals surface area contributed by atoms with Crippen molar-refractivity contribution < 1.29 is 4.42 Å². The highest BCUT2D eigenvalue weighted by Gasteiger charge is 2.40. The Kier molecular flexibility index (Phi) is 8.29. The van der Waals surface area contributed by atoms with Crippen LogP contribution in [-0.2, 0) is 5.41 Å². The van der Waals surface area contributed by atoms with Crippen LogP contribution in [0.4, 0.5) is 11.4 Å². The molecule has 2 heterocycles. The molecule has 11 rings (SSSR count). The van der Waals surface area contributed by atoms with Gasteiger partial charge < -0.3 is 14.6 Å². The fraction of sp³-hybridized carbons (Fsp3) is 0.111. The van der Waals surface area contributed by atoms with Crippen molar-refractivity contribution in [2.75, 3.05) is 4.90 Å². The molecule has 8 aromatic rings. The normalized spacial score (nSPS) is 17.9. The maximum absolute atomic E-state index is 6.93. The van der Waals surface area contributed by atoms with E-state index in [0.29, 0.717) is 5.84 Å². The van der Waals surface area contributed by atoms with Crippen molar-refractivity contribution >= 4 is 50.6 Å². The van der Waals surface area contributed by atoms with Crippen LogP contribution >= 0.6 is 0 Å². The highest BCUT2D eigenvalue weighted by atomic mass is 16.3. The van der Waals surface area contributed by atoms with Crippen molar-refractivity contribution in [2.24, 2.45) is 9.98 Å². The number of hydrogen-bond donors (Lipinski definition) is 1. The van der Waals surface area contributed by atoms with Gasteiger partial charge in [-0.2, -0.15) is 0 Å². The van der Waals surface area contributed by atoms with Crippen LogP contribution in [0.5, 0.6) is 0 Å². The highest BCUT2D eigenvalue weighted by molar-refractivity contribution is 6.22. The second-order valence-corrected chi connectivity index (χ2v) is 16.1. The summed E-state index contributed by atoms with van der Waals surface area (Å²) in [6.07, 6.45) is 5.33. The largest absolute Gasteiger partial charge is 0.455 e. The Morgan fingerprint density at radius 1 is 0.644 bits per heavy atom. The molecule has 0 saturated heterocycles. The Morgan fingerprint density at radius 2 is 1.31 bits per heavy atom. The number of hydrogen-bond acceptors (Lipinski definition) is 5. The molecule has 0 fully saturated rings. The second kappa shape index (κ2) is 14.0. The summed E-state index contributed by atoms with van der Waals surface area (Å²) in [6, 6.07) is 62.0. The molecule has 284 valence electrons. The van der Waals surface area contributed by atoms with E-state index in [1.165, 1.54) is 33.4 Å². The zero-order chi connectivity index (χ0) is 39.5. The Balaban J connectivity index is 1.10. The van der Waals surface area contributed by atoms with E-state index in [1.807, 2.05) is 30.3 Å². The van der Waals surface area contributed by atoms with Crippen LogP contribution in [0.2, 0.25) is 0 Å². The van der Waals surface area contributed by atoms with E-state index in [2.05, 4.69) is 182 Å². The molecule has 5 heteroatoms. The van der Waals surface area contributed by atoms with Crippen molar-refractivity contribution in [2.45, 2.75) is 37.9 Å². The van der Waals surface area contributed by atoms with Crippen LogP contribution in [0.1, 0.15) is 54.3 Å². The van der Waals surface area contributed by atoms with Crippen LogP contribution < -0.4 is 10.2 Å². The zero-order valence-electron chi connectivity index (χ0n) is 33.0. The summed E-state index contributed by atoms with van der Waals surface area (Å²) in [6.45, 7) is 4.76. The number of anilines is 2. The number of fused-ring (bicyclic) bond motifs is 5. The quantitative estimate of drug-likeness (QED) is 0.176. The molecule has 59 heavy (non-hydrogen) atoms. The summed E-state index contributed by atoms with van der Waals surface area (Å²) < 4.78 is 6.93. The lowest BCUT2D eigenvalue weighted by molar-refractivity contribution is 0.585. The van der Waals surface area contributed by atoms with Gasteiger partial charge in [0.25, 0.3) is 0 Å². The fourth-order valence-corrected chi connectivity index (χ4v) is 9.40. The molecule has 3 aliphatic rings. The number of allylic oxidation sites excluding steroid dienone is 2. The third kappa shape index (κ3) is 5.92. The lowest BCUT2D eigenvalue weighted by atomic mass is 9.77. The van der Waals surface area contributed by atoms with Crippen LogP contribution in [0, 0.1) is 0 Å². The molecule has 1 aromatic heterocycles. The van der Waals surface area contributed by atoms with Crippen molar-refractivity contribution in [3.63, 3.8) is 0 Å². The van der Waals surface area contributed by atoms with E-state index >= 15 is 0 Å². The summed E-state index contributed by atoms with van der Waals surface area (Å²) >= 11 is 0. The van der Waals surface area contributed by atoms with Crippen molar-refractivity contribution in [1.29, 1.82) is 0 Å². The highest BCUT2D eigenvalue weighted by Crippen LogP contribution is 2.52. The lowest BCUT2D eigenvalue weighted by Crippen LogP contribution is -2.34. The Labute approximate surface area is 344 Å². The standard InChI is InChI=1S/C54H42N4O/c1-54(2)45-24-14-12-22-41(45)42-31-30-40(34-46(42)54)58(39-28-26-36(27-29-39)35-16-6-3-7-17-35)47-33-32-44(50-49(47)43-23-13-15-25-48(43)59-50)53-56-51(37-18-8-4-9-19-37)55-52(57-53)38-20-10-5-11-21-38/h3-33,40,51H,34H2,1-2H3,(H,55,56,57). The molecule has 1 N–H and O–H groups in total. The van der Waals surface area contributed by atoms with Gasteiger partial charge in [0.2, 0.25) is 0 Å². The number of nitrogens with one attached hydrogen (secondary N) is 1. The summed E-state index contributed by atoms with van der Waals surface area (Å²) in [4.78, 5) is 13.0. The zero-order valence-corrected chi connectivity index (χ0v) is 33.0. The number of furan rings is 1. The predicted octanol–water partition coefficient (Wildman–Crippen LogP) is 13.0. The van der Waals surface area contributed by atoms with Gasteiger partial charge in [-0.3, -0.25) is 0 Å². The second-order valence-electron chi connectivity index (χ2n) is 16.1. The molecular formula is C54H42N4O. The van der Waals surface area contributed by atoms with Crippen LogP contribution in [0.15, 0.2) is 208 Å². The minimum Gasteiger partial charge on any atom is -0.455 e. The fourth-order valence-electron chi connectivity index (χ4n) is 9.40. The van der Waals surface area contributed by atoms with Crippen molar-refractivity contribution in [1.82, 2.24) is 5.32 Å². The average molecular weight is 763 g/mol. The Bertz CT molecular complexity index is 3010. The van der Waals surface area contributed by atoms with Gasteiger partial charge >= 0.3 is 0 Å². The van der Waals surface area contributed by atoms with Crippen LogP contribution in [0.25, 0.3) is 38.6 Å². The molecule has 0 spiro atoms. The molecule has 0 bridgehead atoms. The van der Waals surface area contributed by atoms with E-state index in [-0.39, 0.29) is 17.6 Å². The molecule has 7 aromatic carbocycles. The summed E-state index contributed by atoms with van der Waals surface area (Å²) in [5.41, 5.74) is 14.6. The molecule has 2 atom stereocenters. The molecule has 5 nitrogen and oxygen atoms in total. The Morgan fingerprint density at radius 3 is 2.08 bits per heavy atom. The maximum Gasteiger partial charge on any atom is 0.163 e. The van der Waals surface area contributed by atoms with Gasteiger partial charge in [-0.25, -0.2) is 9.98 Å². The third-order valence-electron chi connectivity index (χ3n) is 12.4. The van der Waals surface area contributed by atoms with Gasteiger partial charge in [0.1, 0.15) is 23.2 Å². The minimum atomic E-state index is -0.327. The van der Waals surface area contributed by atoms with Gasteiger partial charge in [-0.15, -0.1) is 0 Å².